The fourth-order valence-corrected chi connectivity index (χ4v) is 1.61. The maximum atomic E-state index is 13.7. The number of carbonyl (C=O) groups excluding carboxylic acids is 1. The van der Waals surface area contributed by atoms with Gasteiger partial charge in [0, 0.05) is 6.04 Å². The number of aryl methyl sites for hydroxylation is 1. The Kier molecular flexibility index (Phi) is 5.42. The Morgan fingerprint density at radius 3 is 2.55 bits per heavy atom. The van der Waals surface area contributed by atoms with Gasteiger partial charge in [-0.2, -0.15) is 0 Å². The molecule has 1 aromatic rings. The standard InChI is InChI=1S/C13H16F2N2O3/c1-3-8(6-10(18)19)16-13(20)17-12-9(14)5-4-7(2)11(12)15/h4-5,8H,3,6H2,1-2H3,(H,18,19)(H2,16,17,20). The Morgan fingerprint density at radius 2 is 2.00 bits per heavy atom. The van der Waals surface area contributed by atoms with Crippen molar-refractivity contribution in [1.29, 1.82) is 0 Å². The van der Waals surface area contributed by atoms with Gasteiger partial charge >= 0.3 is 12.0 Å². The SMILES string of the molecule is CCC(CC(=O)O)NC(=O)Nc1c(F)ccc(C)c1F. The monoisotopic (exact) mass is 286 g/mol. The summed E-state index contributed by atoms with van der Waals surface area (Å²) in [6.07, 6.45) is 0.126. The maximum Gasteiger partial charge on any atom is 0.319 e. The first-order valence-corrected chi connectivity index (χ1v) is 6.09. The average molecular weight is 286 g/mol. The van der Waals surface area contributed by atoms with Gasteiger partial charge in [0.15, 0.2) is 5.82 Å². The van der Waals surface area contributed by atoms with Crippen LogP contribution in [0.15, 0.2) is 12.1 Å². The Labute approximate surface area is 115 Å². The van der Waals surface area contributed by atoms with E-state index in [0.717, 1.165) is 6.07 Å². The molecule has 5 nitrogen and oxygen atoms in total. The van der Waals surface area contributed by atoms with Crippen molar-refractivity contribution < 1.29 is 23.5 Å². The third kappa shape index (κ3) is 4.18. The van der Waals surface area contributed by atoms with Crippen LogP contribution in [0.2, 0.25) is 0 Å². The zero-order valence-corrected chi connectivity index (χ0v) is 11.2. The molecule has 20 heavy (non-hydrogen) atoms. The maximum absolute atomic E-state index is 13.7. The molecule has 0 aliphatic heterocycles. The van der Waals surface area contributed by atoms with Crippen molar-refractivity contribution in [3.8, 4) is 0 Å². The summed E-state index contributed by atoms with van der Waals surface area (Å²) in [6.45, 7) is 3.14. The van der Waals surface area contributed by atoms with Gasteiger partial charge in [-0.1, -0.05) is 13.0 Å². The number of carboxylic acids is 1. The number of hydrogen-bond acceptors (Lipinski definition) is 2. The van der Waals surface area contributed by atoms with Gasteiger partial charge in [-0.15, -0.1) is 0 Å². The molecule has 1 aromatic carbocycles. The second-order valence-corrected chi connectivity index (χ2v) is 4.35. The summed E-state index contributed by atoms with van der Waals surface area (Å²) in [5.74, 6) is -2.81. The van der Waals surface area contributed by atoms with Crippen LogP contribution in [-0.2, 0) is 4.79 Å². The quantitative estimate of drug-likeness (QED) is 0.778. The molecule has 0 aromatic heterocycles. The molecule has 0 aliphatic carbocycles. The second-order valence-electron chi connectivity index (χ2n) is 4.35. The van der Waals surface area contributed by atoms with Gasteiger partial charge in [0.25, 0.3) is 0 Å². The van der Waals surface area contributed by atoms with Crippen molar-refractivity contribution in [2.24, 2.45) is 0 Å². The largest absolute Gasteiger partial charge is 0.481 e. The topological polar surface area (TPSA) is 78.4 Å². The molecule has 0 radical (unpaired) electrons. The first-order valence-electron chi connectivity index (χ1n) is 6.09. The van der Waals surface area contributed by atoms with Crippen LogP contribution in [0.25, 0.3) is 0 Å². The van der Waals surface area contributed by atoms with Crippen LogP contribution >= 0.6 is 0 Å². The van der Waals surface area contributed by atoms with Crippen molar-refractivity contribution in [2.45, 2.75) is 32.7 Å². The van der Waals surface area contributed by atoms with Crippen molar-refractivity contribution in [3.63, 3.8) is 0 Å². The summed E-state index contributed by atoms with van der Waals surface area (Å²) in [5.41, 5.74) is -0.355. The molecule has 110 valence electrons. The van der Waals surface area contributed by atoms with E-state index in [1.807, 2.05) is 0 Å². The Hall–Kier alpha value is -2.18. The number of halogens is 2. The lowest BCUT2D eigenvalue weighted by Gasteiger charge is -2.16. The number of aliphatic carboxylic acids is 1. The first-order chi connectivity index (χ1) is 9.35. The van der Waals surface area contributed by atoms with Gasteiger partial charge in [-0.3, -0.25) is 4.79 Å². The fraction of sp³-hybridized carbons (Fsp3) is 0.385. The first kappa shape index (κ1) is 15.9. The smallest absolute Gasteiger partial charge is 0.319 e. The van der Waals surface area contributed by atoms with Crippen LogP contribution in [-0.4, -0.2) is 23.1 Å². The average Bonchev–Trinajstić information content (AvgIpc) is 2.38. The highest BCUT2D eigenvalue weighted by Crippen LogP contribution is 2.21. The van der Waals surface area contributed by atoms with Gasteiger partial charge < -0.3 is 15.7 Å². The third-order valence-corrected chi connectivity index (χ3v) is 2.77. The molecule has 3 N–H and O–H groups in total. The lowest BCUT2D eigenvalue weighted by Crippen LogP contribution is -2.39. The van der Waals surface area contributed by atoms with Crippen LogP contribution in [0.1, 0.15) is 25.3 Å². The second kappa shape index (κ2) is 6.83. The fourth-order valence-electron chi connectivity index (χ4n) is 1.61. The normalized spacial score (nSPS) is 11.8. The minimum atomic E-state index is -1.06. The number of amides is 2. The minimum Gasteiger partial charge on any atom is -0.481 e. The number of hydrogen-bond donors (Lipinski definition) is 3. The molecule has 1 unspecified atom stereocenters. The van der Waals surface area contributed by atoms with Gasteiger partial charge in [0.05, 0.1) is 6.42 Å². The van der Waals surface area contributed by atoms with Crippen molar-refractivity contribution >= 4 is 17.7 Å². The summed E-state index contributed by atoms with van der Waals surface area (Å²) in [7, 11) is 0. The molecule has 0 spiro atoms. The number of carbonyl (C=O) groups is 2. The number of nitrogens with one attached hydrogen (secondary N) is 2. The molecule has 0 aliphatic rings. The highest BCUT2D eigenvalue weighted by molar-refractivity contribution is 5.90. The zero-order valence-electron chi connectivity index (χ0n) is 11.2. The predicted molar refractivity (Wildman–Crippen MR) is 69.6 cm³/mol. The van der Waals surface area contributed by atoms with Crippen molar-refractivity contribution in [3.05, 3.63) is 29.3 Å². The summed E-state index contributed by atoms with van der Waals surface area (Å²) in [4.78, 5) is 22.2. The Balaban J connectivity index is 2.76. The van der Waals surface area contributed by atoms with Gasteiger partial charge in [0.2, 0.25) is 0 Å². The molecule has 0 fully saturated rings. The summed E-state index contributed by atoms with van der Waals surface area (Å²) in [5, 5.41) is 13.1. The van der Waals surface area contributed by atoms with E-state index in [4.69, 9.17) is 5.11 Å². The van der Waals surface area contributed by atoms with Gasteiger partial charge in [-0.05, 0) is 25.0 Å². The van der Waals surface area contributed by atoms with Crippen LogP contribution in [0.5, 0.6) is 0 Å². The number of anilines is 1. The Morgan fingerprint density at radius 1 is 1.35 bits per heavy atom. The van der Waals surface area contributed by atoms with E-state index in [9.17, 15) is 18.4 Å². The lowest BCUT2D eigenvalue weighted by molar-refractivity contribution is -0.137. The zero-order chi connectivity index (χ0) is 15.3. The van der Waals surface area contributed by atoms with Crippen LogP contribution in [0.3, 0.4) is 0 Å². The number of benzene rings is 1. The highest BCUT2D eigenvalue weighted by Gasteiger charge is 2.17. The molecule has 0 heterocycles. The molecule has 2 amide bonds. The lowest BCUT2D eigenvalue weighted by atomic mass is 10.1. The number of carboxylic acid groups (broad SMARTS) is 1. The molecule has 0 saturated heterocycles. The van der Waals surface area contributed by atoms with Crippen molar-refractivity contribution in [2.75, 3.05) is 5.32 Å². The third-order valence-electron chi connectivity index (χ3n) is 2.77. The van der Waals surface area contributed by atoms with E-state index in [1.165, 1.54) is 13.0 Å². The minimum absolute atomic E-state index is 0.194. The van der Waals surface area contributed by atoms with E-state index in [-0.39, 0.29) is 12.0 Å². The molecule has 0 bridgehead atoms. The summed E-state index contributed by atoms with van der Waals surface area (Å²) >= 11 is 0. The van der Waals surface area contributed by atoms with Crippen molar-refractivity contribution in [1.82, 2.24) is 5.32 Å². The predicted octanol–water partition coefficient (Wildman–Crippen LogP) is 2.65. The molecule has 1 atom stereocenters. The van der Waals surface area contributed by atoms with Crippen LogP contribution < -0.4 is 10.6 Å². The Bertz CT molecular complexity index is 521. The number of urea groups is 1. The molecule has 1 rings (SSSR count). The molecular formula is C13H16F2N2O3. The summed E-state index contributed by atoms with van der Waals surface area (Å²) < 4.78 is 27.1. The van der Waals surface area contributed by atoms with Crippen LogP contribution in [0, 0.1) is 18.6 Å². The number of rotatable bonds is 5. The summed E-state index contributed by atoms with van der Waals surface area (Å²) in [6, 6.07) is 0.847. The highest BCUT2D eigenvalue weighted by atomic mass is 19.1. The van der Waals surface area contributed by atoms with Gasteiger partial charge in [-0.25, -0.2) is 13.6 Å². The van der Waals surface area contributed by atoms with E-state index < -0.39 is 35.4 Å². The van der Waals surface area contributed by atoms with E-state index >= 15 is 0 Å². The van der Waals surface area contributed by atoms with E-state index in [1.54, 1.807) is 6.92 Å². The molecule has 7 heteroatoms. The van der Waals surface area contributed by atoms with Crippen LogP contribution in [0.4, 0.5) is 19.3 Å². The molecule has 0 saturated carbocycles. The van der Waals surface area contributed by atoms with E-state index in [2.05, 4.69) is 10.6 Å². The van der Waals surface area contributed by atoms with Gasteiger partial charge in [0.1, 0.15) is 11.5 Å². The molecular weight excluding hydrogens is 270 g/mol. The van der Waals surface area contributed by atoms with E-state index in [0.29, 0.717) is 6.42 Å².